The molecule has 0 unspecified atom stereocenters. The Morgan fingerprint density at radius 3 is 2.86 bits per heavy atom. The van der Waals surface area contributed by atoms with Crippen LogP contribution in [-0.2, 0) is 0 Å². The highest BCUT2D eigenvalue weighted by molar-refractivity contribution is 5.78. The molecule has 2 aromatic heterocycles. The Hall–Kier alpha value is -2.05. The first-order valence-electron chi connectivity index (χ1n) is 3.80. The van der Waals surface area contributed by atoms with Crippen LogP contribution in [0.2, 0.25) is 0 Å². The van der Waals surface area contributed by atoms with Crippen molar-refractivity contribution >= 4 is 16.8 Å². The van der Waals surface area contributed by atoms with Gasteiger partial charge in [-0.15, -0.1) is 0 Å². The summed E-state index contributed by atoms with van der Waals surface area (Å²) >= 11 is 0. The number of imidazole rings is 1. The second kappa shape index (κ2) is 2.25. The molecule has 0 bridgehead atoms. The lowest BCUT2D eigenvalue weighted by molar-refractivity contribution is 0.510. The molecule has 1 N–H and O–H groups in total. The van der Waals surface area contributed by atoms with Crippen molar-refractivity contribution in [1.82, 2.24) is 25.0 Å². The minimum Gasteiger partial charge on any atom is -0.208 e. The molecule has 0 fully saturated rings. The Balaban J connectivity index is 2.57. The molecule has 0 atom stereocenters. The monoisotopic (exact) mass is 195 g/mol. The first-order valence-corrected chi connectivity index (χ1v) is 3.80. The minimum atomic E-state index is -0.925. The summed E-state index contributed by atoms with van der Waals surface area (Å²) in [7, 11) is 0. The molecule has 0 aliphatic rings. The third-order valence-electron chi connectivity index (χ3n) is 1.96. The van der Waals surface area contributed by atoms with E-state index in [1.807, 2.05) is 0 Å². The highest BCUT2D eigenvalue weighted by Crippen LogP contribution is 2.17. The van der Waals surface area contributed by atoms with E-state index in [1.165, 1.54) is 4.52 Å². The van der Waals surface area contributed by atoms with Crippen molar-refractivity contribution in [2.24, 2.45) is 0 Å². The van der Waals surface area contributed by atoms with Gasteiger partial charge >= 0.3 is 0 Å². The van der Waals surface area contributed by atoms with Crippen LogP contribution in [0, 0.1) is 11.6 Å². The molecule has 0 aliphatic heterocycles. The summed E-state index contributed by atoms with van der Waals surface area (Å²) in [4.78, 5) is 3.93. The number of hydrogen-bond donors (Lipinski definition) is 1. The van der Waals surface area contributed by atoms with Crippen LogP contribution in [0.5, 0.6) is 0 Å². The highest BCUT2D eigenvalue weighted by Gasteiger charge is 2.11. The SMILES string of the molecule is Fc1cc2nc3nn[nH]n3c2cc1F. The van der Waals surface area contributed by atoms with Gasteiger partial charge in [0.15, 0.2) is 11.6 Å². The molecule has 0 saturated carbocycles. The Kier molecular flexibility index (Phi) is 1.18. The van der Waals surface area contributed by atoms with Gasteiger partial charge < -0.3 is 0 Å². The topological polar surface area (TPSA) is 58.9 Å². The minimum absolute atomic E-state index is 0.282. The van der Waals surface area contributed by atoms with Crippen LogP contribution in [0.4, 0.5) is 8.78 Å². The molecule has 7 heteroatoms. The lowest BCUT2D eigenvalue weighted by Gasteiger charge is -1.92. The maximum atomic E-state index is 12.9. The normalized spacial score (nSPS) is 11.6. The van der Waals surface area contributed by atoms with Crippen molar-refractivity contribution < 1.29 is 8.78 Å². The zero-order valence-corrected chi connectivity index (χ0v) is 6.70. The number of tetrazole rings is 1. The molecule has 5 nitrogen and oxygen atoms in total. The van der Waals surface area contributed by atoms with Gasteiger partial charge in [-0.3, -0.25) is 0 Å². The second-order valence-corrected chi connectivity index (χ2v) is 2.80. The van der Waals surface area contributed by atoms with Crippen molar-refractivity contribution in [3.8, 4) is 0 Å². The summed E-state index contributed by atoms with van der Waals surface area (Å²) < 4.78 is 27.1. The molecule has 0 amide bonds. The number of aromatic nitrogens is 5. The fourth-order valence-electron chi connectivity index (χ4n) is 1.34. The van der Waals surface area contributed by atoms with Gasteiger partial charge in [-0.25, -0.2) is 18.3 Å². The maximum Gasteiger partial charge on any atom is 0.272 e. The van der Waals surface area contributed by atoms with Crippen LogP contribution >= 0.6 is 0 Å². The summed E-state index contributed by atoms with van der Waals surface area (Å²) in [6.07, 6.45) is 0. The van der Waals surface area contributed by atoms with Crippen LogP contribution < -0.4 is 0 Å². The molecule has 70 valence electrons. The van der Waals surface area contributed by atoms with Gasteiger partial charge in [-0.05, 0) is 5.21 Å². The fraction of sp³-hybridized carbons (Fsp3) is 0. The number of aromatic amines is 1. The van der Waals surface area contributed by atoms with Gasteiger partial charge in [0.2, 0.25) is 0 Å². The first-order chi connectivity index (χ1) is 6.75. The van der Waals surface area contributed by atoms with Crippen molar-refractivity contribution in [2.75, 3.05) is 0 Å². The zero-order chi connectivity index (χ0) is 9.71. The third kappa shape index (κ3) is 0.781. The van der Waals surface area contributed by atoms with Gasteiger partial charge in [0.05, 0.1) is 11.0 Å². The number of nitrogens with zero attached hydrogens (tertiary/aromatic N) is 4. The van der Waals surface area contributed by atoms with E-state index in [2.05, 4.69) is 20.5 Å². The smallest absolute Gasteiger partial charge is 0.208 e. The quantitative estimate of drug-likeness (QED) is 0.579. The van der Waals surface area contributed by atoms with Crippen LogP contribution in [0.1, 0.15) is 0 Å². The van der Waals surface area contributed by atoms with E-state index < -0.39 is 11.6 Å². The molecule has 2 heterocycles. The van der Waals surface area contributed by atoms with E-state index in [4.69, 9.17) is 0 Å². The lowest BCUT2D eigenvalue weighted by Crippen LogP contribution is -1.87. The Labute approximate surface area is 75.3 Å². The van der Waals surface area contributed by atoms with Crippen molar-refractivity contribution in [3.63, 3.8) is 0 Å². The highest BCUT2D eigenvalue weighted by atomic mass is 19.2. The molecule has 3 rings (SSSR count). The fourth-order valence-corrected chi connectivity index (χ4v) is 1.34. The number of hydrogen-bond acceptors (Lipinski definition) is 3. The molecular formula is C7H3F2N5. The second-order valence-electron chi connectivity index (χ2n) is 2.80. The van der Waals surface area contributed by atoms with Gasteiger partial charge in [-0.1, -0.05) is 5.10 Å². The molecule has 1 aromatic carbocycles. The summed E-state index contributed by atoms with van der Waals surface area (Å²) in [6, 6.07) is 2.07. The number of benzene rings is 1. The van der Waals surface area contributed by atoms with E-state index in [0.29, 0.717) is 11.0 Å². The first kappa shape index (κ1) is 7.36. The number of rotatable bonds is 0. The van der Waals surface area contributed by atoms with Gasteiger partial charge in [0.25, 0.3) is 5.78 Å². The van der Waals surface area contributed by atoms with Crippen molar-refractivity contribution in [1.29, 1.82) is 0 Å². The molecule has 14 heavy (non-hydrogen) atoms. The molecular weight excluding hydrogens is 192 g/mol. The summed E-state index contributed by atoms with van der Waals surface area (Å²) in [5.41, 5.74) is 0.744. The number of H-pyrrole nitrogens is 1. The summed E-state index contributed by atoms with van der Waals surface area (Å²) in [5.74, 6) is -1.56. The largest absolute Gasteiger partial charge is 0.272 e. The Bertz CT molecular complexity index is 625. The van der Waals surface area contributed by atoms with E-state index >= 15 is 0 Å². The molecule has 0 aliphatic carbocycles. The van der Waals surface area contributed by atoms with Crippen LogP contribution in [0.15, 0.2) is 12.1 Å². The maximum absolute atomic E-state index is 12.9. The van der Waals surface area contributed by atoms with Gasteiger partial charge in [0, 0.05) is 12.1 Å². The van der Waals surface area contributed by atoms with E-state index in [9.17, 15) is 8.78 Å². The van der Waals surface area contributed by atoms with Crippen LogP contribution in [0.3, 0.4) is 0 Å². The molecule has 3 aromatic rings. The average molecular weight is 195 g/mol. The molecule has 0 spiro atoms. The Morgan fingerprint density at radius 2 is 2.00 bits per heavy atom. The predicted octanol–water partition coefficient (Wildman–Crippen LogP) is 0.884. The van der Waals surface area contributed by atoms with Crippen molar-refractivity contribution in [3.05, 3.63) is 23.8 Å². The van der Waals surface area contributed by atoms with E-state index in [0.717, 1.165) is 12.1 Å². The van der Waals surface area contributed by atoms with Crippen LogP contribution in [0.25, 0.3) is 16.8 Å². The predicted molar refractivity (Wildman–Crippen MR) is 42.6 cm³/mol. The zero-order valence-electron chi connectivity index (χ0n) is 6.70. The van der Waals surface area contributed by atoms with Gasteiger partial charge in [0.1, 0.15) is 0 Å². The lowest BCUT2D eigenvalue weighted by atomic mass is 10.3. The standard InChI is InChI=1S/C7H3F2N5/c8-3-1-5-6(2-4(3)9)14-7(10-5)11-12-13-14/h1-2H,(H,10,11,13). The average Bonchev–Trinajstić information content (AvgIpc) is 2.68. The van der Waals surface area contributed by atoms with E-state index in [1.54, 1.807) is 0 Å². The number of fused-ring (bicyclic) bond motifs is 3. The Morgan fingerprint density at radius 1 is 1.21 bits per heavy atom. The third-order valence-corrected chi connectivity index (χ3v) is 1.96. The van der Waals surface area contributed by atoms with Crippen LogP contribution in [-0.4, -0.2) is 25.0 Å². The number of halogens is 2. The number of nitrogens with one attached hydrogen (secondary N) is 1. The summed E-state index contributed by atoms with van der Waals surface area (Å²) in [6.45, 7) is 0. The molecule has 0 saturated heterocycles. The van der Waals surface area contributed by atoms with E-state index in [-0.39, 0.29) is 5.78 Å². The molecule has 0 radical (unpaired) electrons. The van der Waals surface area contributed by atoms with Crippen molar-refractivity contribution in [2.45, 2.75) is 0 Å². The summed E-state index contributed by atoms with van der Waals surface area (Å²) in [5, 5.41) is 9.58. The van der Waals surface area contributed by atoms with Gasteiger partial charge in [-0.2, -0.15) is 5.21 Å².